The second kappa shape index (κ2) is 8.03. The zero-order valence-electron chi connectivity index (χ0n) is 17.8. The van der Waals surface area contributed by atoms with Gasteiger partial charge in [-0.25, -0.2) is 0 Å². The van der Waals surface area contributed by atoms with E-state index in [4.69, 9.17) is 4.74 Å². The lowest BCUT2D eigenvalue weighted by Crippen LogP contribution is -2.29. The molecule has 1 aliphatic heterocycles. The summed E-state index contributed by atoms with van der Waals surface area (Å²) in [5, 5.41) is 15.7. The summed E-state index contributed by atoms with van der Waals surface area (Å²) in [6.07, 6.45) is 6.81. The highest BCUT2D eigenvalue weighted by atomic mass is 16.6. The monoisotopic (exact) mass is 432 g/mol. The Hall–Kier alpha value is -3.81. The first kappa shape index (κ1) is 20.1. The molecule has 32 heavy (non-hydrogen) atoms. The average Bonchev–Trinajstić information content (AvgIpc) is 3.53. The fourth-order valence-electron chi connectivity index (χ4n) is 4.20. The Kier molecular flexibility index (Phi) is 5.05. The summed E-state index contributed by atoms with van der Waals surface area (Å²) in [5.74, 6) is 0.551. The van der Waals surface area contributed by atoms with Gasteiger partial charge < -0.3 is 19.9 Å². The van der Waals surface area contributed by atoms with Crippen LogP contribution in [0, 0.1) is 10.1 Å². The zero-order valence-corrected chi connectivity index (χ0v) is 17.8. The number of nitrogens with one attached hydrogen (secondary N) is 2. The van der Waals surface area contributed by atoms with Crippen LogP contribution in [0.3, 0.4) is 0 Å². The molecule has 5 rings (SSSR count). The number of benzene rings is 2. The van der Waals surface area contributed by atoms with E-state index < -0.39 is 4.92 Å². The smallest absolute Gasteiger partial charge is 0.293 e. The fraction of sp³-hybridized carbons (Fsp3) is 0.292. The maximum absolute atomic E-state index is 12.3. The van der Waals surface area contributed by atoms with E-state index in [0.717, 1.165) is 41.5 Å². The van der Waals surface area contributed by atoms with Gasteiger partial charge in [0.25, 0.3) is 11.6 Å². The van der Waals surface area contributed by atoms with Gasteiger partial charge in [0.1, 0.15) is 11.4 Å². The minimum atomic E-state index is -0.408. The molecule has 1 aromatic heterocycles. The summed E-state index contributed by atoms with van der Waals surface area (Å²) in [5.41, 5.74) is 4.19. The van der Waals surface area contributed by atoms with Gasteiger partial charge in [-0.05, 0) is 55.2 Å². The second-order valence-electron chi connectivity index (χ2n) is 8.25. The maximum atomic E-state index is 12.3. The Morgan fingerprint density at radius 3 is 2.78 bits per heavy atom. The van der Waals surface area contributed by atoms with Crippen LogP contribution in [-0.2, 0) is 0 Å². The number of hydrogen-bond donors (Lipinski definition) is 2. The van der Waals surface area contributed by atoms with Gasteiger partial charge >= 0.3 is 0 Å². The maximum Gasteiger partial charge on any atom is 0.293 e. The minimum absolute atomic E-state index is 0.0397. The van der Waals surface area contributed by atoms with Crippen molar-refractivity contribution in [3.8, 4) is 5.75 Å². The van der Waals surface area contributed by atoms with E-state index in [2.05, 4.69) is 16.4 Å². The van der Waals surface area contributed by atoms with E-state index >= 15 is 0 Å². The molecule has 2 aromatic carbocycles. The van der Waals surface area contributed by atoms with Crippen molar-refractivity contribution in [2.75, 3.05) is 25.1 Å². The predicted octanol–water partition coefficient (Wildman–Crippen LogP) is 4.27. The molecule has 0 spiro atoms. The van der Waals surface area contributed by atoms with E-state index in [-0.39, 0.29) is 17.6 Å². The van der Waals surface area contributed by atoms with E-state index in [1.165, 1.54) is 11.6 Å². The van der Waals surface area contributed by atoms with Crippen LogP contribution in [0.4, 0.5) is 11.4 Å². The standard InChI is InChI=1S/C24H24N4O4/c1-32-18-5-6-21-19(13-18)20(14-25-21)15-8-10-27(11-9-15)22-7-2-16(12-23(22)28(30)31)24(29)26-17-3-4-17/h2,5-8,12-14,17,25H,3-4,9-11H2,1H3,(H,26,29). The van der Waals surface area contributed by atoms with Gasteiger partial charge in [-0.2, -0.15) is 0 Å². The molecule has 3 aromatic rings. The van der Waals surface area contributed by atoms with Gasteiger partial charge in [-0.15, -0.1) is 0 Å². The molecular formula is C24H24N4O4. The van der Waals surface area contributed by atoms with Crippen molar-refractivity contribution in [2.45, 2.75) is 25.3 Å². The number of nitro benzene ring substituents is 1. The molecule has 2 aliphatic rings. The number of carbonyl (C=O) groups excluding carboxylic acids is 1. The molecule has 1 amide bonds. The Morgan fingerprint density at radius 2 is 2.09 bits per heavy atom. The molecule has 0 atom stereocenters. The highest BCUT2D eigenvalue weighted by Crippen LogP contribution is 2.35. The van der Waals surface area contributed by atoms with Crippen molar-refractivity contribution < 1.29 is 14.5 Å². The molecule has 2 N–H and O–H groups in total. The second-order valence-corrected chi connectivity index (χ2v) is 8.25. The van der Waals surface area contributed by atoms with E-state index in [9.17, 15) is 14.9 Å². The molecule has 0 bridgehead atoms. The number of ether oxygens (including phenoxy) is 1. The first-order valence-electron chi connectivity index (χ1n) is 10.7. The third kappa shape index (κ3) is 3.79. The Bertz CT molecular complexity index is 1240. The predicted molar refractivity (Wildman–Crippen MR) is 123 cm³/mol. The average molecular weight is 432 g/mol. The molecular weight excluding hydrogens is 408 g/mol. The lowest BCUT2D eigenvalue weighted by atomic mass is 9.98. The molecule has 0 saturated heterocycles. The first-order valence-corrected chi connectivity index (χ1v) is 10.7. The van der Waals surface area contributed by atoms with E-state index in [1.54, 1.807) is 19.2 Å². The number of rotatable bonds is 6. The number of methoxy groups -OCH3 is 1. The summed E-state index contributed by atoms with van der Waals surface area (Å²) < 4.78 is 5.36. The van der Waals surface area contributed by atoms with Crippen molar-refractivity contribution in [1.82, 2.24) is 10.3 Å². The molecule has 8 heteroatoms. The van der Waals surface area contributed by atoms with Gasteiger partial charge in [0.2, 0.25) is 0 Å². The van der Waals surface area contributed by atoms with Crippen molar-refractivity contribution in [2.24, 2.45) is 0 Å². The first-order chi connectivity index (χ1) is 15.5. The number of aromatic amines is 1. The Balaban J connectivity index is 1.39. The number of nitro groups is 1. The summed E-state index contributed by atoms with van der Waals surface area (Å²) in [6, 6.07) is 10.9. The topological polar surface area (TPSA) is 100 Å². The fourth-order valence-corrected chi connectivity index (χ4v) is 4.20. The number of nitrogens with zero attached hydrogens (tertiary/aromatic N) is 2. The number of fused-ring (bicyclic) bond motifs is 1. The number of amides is 1. The molecule has 1 aliphatic carbocycles. The lowest BCUT2D eigenvalue weighted by molar-refractivity contribution is -0.384. The van der Waals surface area contributed by atoms with Crippen molar-refractivity contribution in [3.63, 3.8) is 0 Å². The largest absolute Gasteiger partial charge is 0.497 e. The van der Waals surface area contributed by atoms with Crippen LogP contribution in [-0.4, -0.2) is 42.1 Å². The normalized spacial score (nSPS) is 16.0. The van der Waals surface area contributed by atoms with Crippen LogP contribution >= 0.6 is 0 Å². The molecule has 2 heterocycles. The SMILES string of the molecule is COc1ccc2[nH]cc(C3=CCN(c4ccc(C(=O)NC5CC5)cc4[N+](=O)[O-])CC3)c2c1. The third-order valence-electron chi connectivity index (χ3n) is 6.13. The van der Waals surface area contributed by atoms with Crippen molar-refractivity contribution in [1.29, 1.82) is 0 Å². The summed E-state index contributed by atoms with van der Waals surface area (Å²) in [7, 11) is 1.65. The van der Waals surface area contributed by atoms with E-state index in [0.29, 0.717) is 24.3 Å². The Labute approximate surface area is 185 Å². The summed E-state index contributed by atoms with van der Waals surface area (Å²) in [6.45, 7) is 1.21. The number of H-pyrrole nitrogens is 1. The van der Waals surface area contributed by atoms with E-state index in [1.807, 2.05) is 29.3 Å². The molecule has 1 fully saturated rings. The van der Waals surface area contributed by atoms with Crippen LogP contribution in [0.15, 0.2) is 48.7 Å². The summed E-state index contributed by atoms with van der Waals surface area (Å²) >= 11 is 0. The Morgan fingerprint density at radius 1 is 1.25 bits per heavy atom. The van der Waals surface area contributed by atoms with Crippen LogP contribution in [0.5, 0.6) is 5.75 Å². The third-order valence-corrected chi connectivity index (χ3v) is 6.13. The van der Waals surface area contributed by atoms with Gasteiger partial charge in [0.05, 0.1) is 12.0 Å². The molecule has 0 radical (unpaired) electrons. The number of carbonyl (C=O) groups is 1. The quantitative estimate of drug-likeness (QED) is 0.448. The van der Waals surface area contributed by atoms with Crippen LogP contribution in [0.25, 0.3) is 16.5 Å². The number of aromatic nitrogens is 1. The number of anilines is 1. The minimum Gasteiger partial charge on any atom is -0.497 e. The molecule has 164 valence electrons. The number of hydrogen-bond acceptors (Lipinski definition) is 5. The van der Waals surface area contributed by atoms with Gasteiger partial charge in [-0.1, -0.05) is 6.08 Å². The summed E-state index contributed by atoms with van der Waals surface area (Å²) in [4.78, 5) is 28.9. The van der Waals surface area contributed by atoms with Crippen LogP contribution < -0.4 is 15.0 Å². The van der Waals surface area contributed by atoms with Gasteiger partial charge in [-0.3, -0.25) is 14.9 Å². The van der Waals surface area contributed by atoms with Gasteiger partial charge in [0.15, 0.2) is 0 Å². The lowest BCUT2D eigenvalue weighted by Gasteiger charge is -2.28. The van der Waals surface area contributed by atoms with Crippen molar-refractivity contribution >= 4 is 33.8 Å². The molecule has 8 nitrogen and oxygen atoms in total. The zero-order chi connectivity index (χ0) is 22.2. The highest BCUT2D eigenvalue weighted by Gasteiger charge is 2.27. The van der Waals surface area contributed by atoms with Crippen LogP contribution in [0.1, 0.15) is 35.2 Å². The van der Waals surface area contributed by atoms with Crippen molar-refractivity contribution in [3.05, 3.63) is 69.9 Å². The van der Waals surface area contributed by atoms with Gasteiger partial charge in [0, 0.05) is 53.4 Å². The molecule has 1 saturated carbocycles. The molecule has 0 unspecified atom stereocenters. The van der Waals surface area contributed by atoms with Crippen LogP contribution in [0.2, 0.25) is 0 Å². The highest BCUT2D eigenvalue weighted by molar-refractivity contribution is 5.96.